The van der Waals surface area contributed by atoms with Crippen LogP contribution in [0, 0.1) is 11.3 Å². The van der Waals surface area contributed by atoms with E-state index in [2.05, 4.69) is 15.0 Å². The summed E-state index contributed by atoms with van der Waals surface area (Å²) in [5, 5.41) is 0.254. The van der Waals surface area contributed by atoms with Gasteiger partial charge in [0, 0.05) is 11.2 Å². The van der Waals surface area contributed by atoms with Crippen LogP contribution in [0.15, 0.2) is 18.2 Å². The Hall–Kier alpha value is -1.06. The molecule has 0 bridgehead atoms. The Bertz CT molecular complexity index is 1190. The highest BCUT2D eigenvalue weighted by atomic mass is 35.5. The zero-order valence-electron chi connectivity index (χ0n) is 19.9. The number of halogens is 2. The highest BCUT2D eigenvalue weighted by Crippen LogP contribution is 2.73. The Morgan fingerprint density at radius 2 is 1.85 bits per heavy atom. The molecule has 2 aromatic rings. The van der Waals surface area contributed by atoms with E-state index in [1.165, 1.54) is 0 Å². The number of hydrogen-bond donors (Lipinski definition) is 0. The molecule has 5 rings (SSSR count). The van der Waals surface area contributed by atoms with E-state index in [1.54, 1.807) is 12.1 Å². The van der Waals surface area contributed by atoms with Gasteiger partial charge < -0.3 is 23.1 Å². The zero-order chi connectivity index (χ0) is 24.6. The molecule has 0 aromatic carbocycles. The summed E-state index contributed by atoms with van der Waals surface area (Å²) in [4.78, 5) is 12.8. The van der Waals surface area contributed by atoms with Gasteiger partial charge in [0.2, 0.25) is 5.28 Å². The number of aromatic nitrogens is 4. The molecule has 1 aliphatic heterocycles. The molecule has 12 heteroatoms. The molecule has 2 unspecified atom stereocenters. The third kappa shape index (κ3) is 4.13. The minimum Gasteiger partial charge on any atom is -0.344 e. The van der Waals surface area contributed by atoms with Gasteiger partial charge in [-0.05, 0) is 65.5 Å². The van der Waals surface area contributed by atoms with E-state index in [0.29, 0.717) is 11.2 Å². The predicted octanol–water partition coefficient (Wildman–Crippen LogP) is 5.77. The van der Waals surface area contributed by atoms with E-state index in [0.717, 1.165) is 6.42 Å². The van der Waals surface area contributed by atoms with Crippen LogP contribution in [0.1, 0.15) is 54.0 Å². The van der Waals surface area contributed by atoms with Gasteiger partial charge in [0.05, 0.1) is 30.7 Å². The second-order valence-corrected chi connectivity index (χ2v) is 12.7. The van der Waals surface area contributed by atoms with E-state index < -0.39 is 13.4 Å². The lowest BCUT2D eigenvalue weighted by molar-refractivity contribution is -0.159. The molecule has 0 amide bonds. The topological polar surface area (TPSA) is 97.6 Å². The average Bonchev–Trinajstić information content (AvgIpc) is 2.95. The van der Waals surface area contributed by atoms with Gasteiger partial charge in [-0.25, -0.2) is 9.97 Å². The maximum Gasteiger partial charge on any atom is 0.354 e. The fraction of sp³-hybridized carbons (Fsp3) is 0.682. The number of ether oxygens (including phenoxy) is 2. The fourth-order valence-corrected chi connectivity index (χ4v) is 7.65. The minimum atomic E-state index is -3.45. The van der Waals surface area contributed by atoms with Crippen molar-refractivity contribution < 1.29 is 23.1 Å². The van der Waals surface area contributed by atoms with Crippen molar-refractivity contribution in [3.63, 3.8) is 0 Å². The summed E-state index contributed by atoms with van der Waals surface area (Å²) in [5.74, 6) is 0.976. The number of nitrogens with zero attached hydrogens (tertiary/aromatic N) is 4. The van der Waals surface area contributed by atoms with Crippen molar-refractivity contribution >= 4 is 42.0 Å². The molecular weight excluding hydrogens is 502 g/mol. The summed E-state index contributed by atoms with van der Waals surface area (Å²) in [6.07, 6.45) is 3.48. The minimum absolute atomic E-state index is 0.0530. The Kier molecular flexibility index (Phi) is 5.96. The molecular formula is C22H29Cl2N4O5P. The van der Waals surface area contributed by atoms with Gasteiger partial charge in [-0.15, -0.1) is 0 Å². The fourth-order valence-electron chi connectivity index (χ4n) is 5.40. The van der Waals surface area contributed by atoms with Crippen LogP contribution >= 0.6 is 30.8 Å². The second-order valence-electron chi connectivity index (χ2n) is 10.2. The first-order chi connectivity index (χ1) is 15.8. The maximum atomic E-state index is 13.5. The first-order valence-electron chi connectivity index (χ1n) is 11.4. The summed E-state index contributed by atoms with van der Waals surface area (Å²) in [7, 11) is -3.45. The van der Waals surface area contributed by atoms with Crippen LogP contribution in [-0.4, -0.2) is 49.7 Å². The molecule has 3 aliphatic rings. The van der Waals surface area contributed by atoms with Crippen LogP contribution in [0.4, 0.5) is 0 Å². The normalized spacial score (nSPS) is 32.3. The van der Waals surface area contributed by atoms with Crippen molar-refractivity contribution in [2.45, 2.75) is 84.2 Å². The molecule has 0 N–H and O–H groups in total. The highest BCUT2D eigenvalue weighted by Gasteiger charge is 2.75. The molecule has 186 valence electrons. The largest absolute Gasteiger partial charge is 0.354 e. The van der Waals surface area contributed by atoms with Gasteiger partial charge in [-0.3, -0.25) is 4.57 Å². The lowest BCUT2D eigenvalue weighted by atomic mass is 9.99. The van der Waals surface area contributed by atoms with E-state index in [-0.39, 0.29) is 52.2 Å². The van der Waals surface area contributed by atoms with Crippen molar-refractivity contribution in [1.29, 1.82) is 0 Å². The SMILES string of the molecule is CC(C)OP(=O)(/C=C/[C@@]12CC1C(n1cnc3c(Cl)nc(Cl)nc31)[C@@H]1OC(C)(C)O[C@@H]12)OC(C)C. The van der Waals surface area contributed by atoms with E-state index in [9.17, 15) is 4.57 Å². The van der Waals surface area contributed by atoms with Gasteiger partial charge in [0.15, 0.2) is 16.6 Å². The molecule has 1 saturated heterocycles. The summed E-state index contributed by atoms with van der Waals surface area (Å²) in [5.41, 5.74) is 0.650. The number of imidazole rings is 1. The van der Waals surface area contributed by atoms with E-state index >= 15 is 0 Å². The van der Waals surface area contributed by atoms with Crippen molar-refractivity contribution in [3.05, 3.63) is 28.7 Å². The summed E-state index contributed by atoms with van der Waals surface area (Å²) >= 11 is 12.4. The Morgan fingerprint density at radius 1 is 1.18 bits per heavy atom. The Balaban J connectivity index is 1.54. The van der Waals surface area contributed by atoms with Crippen molar-refractivity contribution in [3.8, 4) is 0 Å². The number of rotatable bonds is 7. The van der Waals surface area contributed by atoms with Gasteiger partial charge in [-0.1, -0.05) is 17.7 Å². The van der Waals surface area contributed by atoms with Crippen LogP contribution in [0.5, 0.6) is 0 Å². The molecule has 2 saturated carbocycles. The van der Waals surface area contributed by atoms with Crippen molar-refractivity contribution in [2.24, 2.45) is 11.3 Å². The average molecular weight is 531 g/mol. The smallest absolute Gasteiger partial charge is 0.344 e. The molecule has 0 radical (unpaired) electrons. The first kappa shape index (κ1) is 24.6. The summed E-state index contributed by atoms with van der Waals surface area (Å²) in [6.45, 7) is 11.1. The maximum absolute atomic E-state index is 13.5. The monoisotopic (exact) mass is 530 g/mol. The first-order valence-corrected chi connectivity index (χ1v) is 13.8. The van der Waals surface area contributed by atoms with E-state index in [1.807, 2.05) is 52.2 Å². The quantitative estimate of drug-likeness (QED) is 0.252. The van der Waals surface area contributed by atoms with Gasteiger partial charge in [0.1, 0.15) is 11.6 Å². The van der Waals surface area contributed by atoms with Gasteiger partial charge in [0.25, 0.3) is 0 Å². The highest BCUT2D eigenvalue weighted by molar-refractivity contribution is 7.57. The third-order valence-corrected chi connectivity index (χ3v) is 8.84. The van der Waals surface area contributed by atoms with E-state index in [4.69, 9.17) is 41.7 Å². The molecule has 5 atom stereocenters. The molecule has 9 nitrogen and oxygen atoms in total. The molecule has 3 heterocycles. The molecule has 34 heavy (non-hydrogen) atoms. The van der Waals surface area contributed by atoms with Crippen LogP contribution in [0.3, 0.4) is 0 Å². The summed E-state index contributed by atoms with van der Waals surface area (Å²) in [6, 6.07) is -0.125. The van der Waals surface area contributed by atoms with Crippen LogP contribution in [-0.2, 0) is 23.1 Å². The predicted molar refractivity (Wildman–Crippen MR) is 128 cm³/mol. The van der Waals surface area contributed by atoms with Crippen molar-refractivity contribution in [2.75, 3.05) is 0 Å². The number of hydrogen-bond acceptors (Lipinski definition) is 8. The van der Waals surface area contributed by atoms with Crippen LogP contribution in [0.25, 0.3) is 11.2 Å². The van der Waals surface area contributed by atoms with Crippen LogP contribution in [0.2, 0.25) is 10.4 Å². The number of fused-ring (bicyclic) bond motifs is 4. The zero-order valence-corrected chi connectivity index (χ0v) is 22.3. The molecule has 0 spiro atoms. The second kappa shape index (κ2) is 8.23. The summed E-state index contributed by atoms with van der Waals surface area (Å²) < 4.78 is 39.6. The Morgan fingerprint density at radius 3 is 2.50 bits per heavy atom. The molecule has 2 aromatic heterocycles. The molecule has 3 fully saturated rings. The standard InChI is InChI=1S/C22H29Cl2N4O5P/c1-11(2)32-34(29,33-12(3)4)8-7-22-9-13(22)15(16-17(22)31-21(5,6)30-16)28-10-25-14-18(23)26-20(24)27-19(14)28/h7-8,10-13,15-17H,9H2,1-6H3/b8-7+/t13?,15?,16-,17-,22+/m0/s1. The van der Waals surface area contributed by atoms with Crippen molar-refractivity contribution in [1.82, 2.24) is 19.5 Å². The Labute approximate surface area is 208 Å². The third-order valence-electron chi connectivity index (χ3n) is 6.47. The van der Waals surface area contributed by atoms with Gasteiger partial charge >= 0.3 is 7.60 Å². The molecule has 2 aliphatic carbocycles. The lowest BCUT2D eigenvalue weighted by Gasteiger charge is -2.24. The lowest BCUT2D eigenvalue weighted by Crippen LogP contribution is -2.31. The van der Waals surface area contributed by atoms with Gasteiger partial charge in [-0.2, -0.15) is 4.98 Å². The van der Waals surface area contributed by atoms with Crippen LogP contribution < -0.4 is 0 Å².